The van der Waals surface area contributed by atoms with Crippen molar-refractivity contribution in [3.63, 3.8) is 0 Å². The van der Waals surface area contributed by atoms with Crippen molar-refractivity contribution in [3.05, 3.63) is 81.5 Å². The first kappa shape index (κ1) is 21.7. The molecule has 2 aromatic heterocycles. The molecule has 0 bridgehead atoms. The maximum atomic E-state index is 12.5. The third kappa shape index (κ3) is 5.26. The summed E-state index contributed by atoms with van der Waals surface area (Å²) >= 11 is 7.37. The van der Waals surface area contributed by atoms with E-state index >= 15 is 0 Å². The number of aryl methyl sites for hydroxylation is 1. The van der Waals surface area contributed by atoms with Gasteiger partial charge in [0.25, 0.3) is 0 Å². The molecule has 1 aliphatic heterocycles. The van der Waals surface area contributed by atoms with Gasteiger partial charge in [-0.25, -0.2) is 9.97 Å². The number of amides is 1. The van der Waals surface area contributed by atoms with Gasteiger partial charge in [-0.1, -0.05) is 11.6 Å². The Morgan fingerprint density at radius 2 is 1.94 bits per heavy atom. The van der Waals surface area contributed by atoms with Gasteiger partial charge in [-0.15, -0.1) is 11.3 Å². The molecule has 0 atom stereocenters. The van der Waals surface area contributed by atoms with E-state index < -0.39 is 0 Å². The molecule has 0 aliphatic carbocycles. The van der Waals surface area contributed by atoms with Crippen molar-refractivity contribution in [3.8, 4) is 17.1 Å². The van der Waals surface area contributed by atoms with Crippen molar-refractivity contribution in [2.75, 3.05) is 5.32 Å². The first-order valence-electron chi connectivity index (χ1n) is 10.9. The smallest absolute Gasteiger partial charge is 0.230 e. The van der Waals surface area contributed by atoms with Gasteiger partial charge < -0.3 is 14.6 Å². The second-order valence-corrected chi connectivity index (χ2v) is 9.34. The van der Waals surface area contributed by atoms with Crippen LogP contribution in [0, 0.1) is 0 Å². The predicted octanol–water partition coefficient (Wildman–Crippen LogP) is 5.76. The number of carbonyl (C=O) groups is 1. The van der Waals surface area contributed by atoms with Gasteiger partial charge in [-0.05, 0) is 67.8 Å². The Morgan fingerprint density at radius 3 is 2.76 bits per heavy atom. The third-order valence-corrected chi connectivity index (χ3v) is 6.67. The average molecular weight is 479 g/mol. The zero-order valence-electron chi connectivity index (χ0n) is 18.0. The summed E-state index contributed by atoms with van der Waals surface area (Å²) in [5.74, 6) is 1.63. The van der Waals surface area contributed by atoms with Crippen molar-refractivity contribution in [2.24, 2.45) is 0 Å². The predicted molar refractivity (Wildman–Crippen MR) is 131 cm³/mol. The van der Waals surface area contributed by atoms with Crippen molar-refractivity contribution >= 4 is 34.5 Å². The van der Waals surface area contributed by atoms with E-state index in [1.54, 1.807) is 12.1 Å². The number of benzene rings is 2. The summed E-state index contributed by atoms with van der Waals surface area (Å²) in [6.45, 7) is 1.37. The minimum Gasteiger partial charge on any atom is -0.486 e. The standard InChI is InChI=1S/C25H23ClN4O2S/c26-18-6-10-22(11-7-18)32-15-24-29-20(16-33-24)13-23(31)28-19-8-4-17(5-9-19)25-27-14-21-3-1-2-12-30(21)25/h4-11,14,16H,1-3,12-13,15H2,(H,28,31). The van der Waals surface area contributed by atoms with Gasteiger partial charge in [0.05, 0.1) is 12.1 Å². The number of nitrogens with zero attached hydrogens (tertiary/aromatic N) is 3. The Labute approximate surface area is 201 Å². The summed E-state index contributed by atoms with van der Waals surface area (Å²) in [5, 5.41) is 6.33. The number of nitrogens with one attached hydrogen (secondary N) is 1. The van der Waals surface area contributed by atoms with Crippen LogP contribution in [0.2, 0.25) is 5.02 Å². The molecule has 0 spiro atoms. The van der Waals surface area contributed by atoms with Crippen LogP contribution >= 0.6 is 22.9 Å². The average Bonchev–Trinajstić information content (AvgIpc) is 3.46. The summed E-state index contributed by atoms with van der Waals surface area (Å²) in [6, 6.07) is 15.1. The molecule has 5 rings (SSSR count). The number of thiazole rings is 1. The van der Waals surface area contributed by atoms with Crippen LogP contribution in [0.1, 0.15) is 29.2 Å². The van der Waals surface area contributed by atoms with E-state index in [9.17, 15) is 4.79 Å². The van der Waals surface area contributed by atoms with Crippen molar-refractivity contribution in [2.45, 2.75) is 38.8 Å². The van der Waals surface area contributed by atoms with E-state index in [4.69, 9.17) is 16.3 Å². The molecule has 1 aliphatic rings. The maximum absolute atomic E-state index is 12.5. The molecular weight excluding hydrogens is 456 g/mol. The molecule has 4 aromatic rings. The number of rotatable bonds is 7. The van der Waals surface area contributed by atoms with Gasteiger partial charge in [0.15, 0.2) is 0 Å². The number of aromatic nitrogens is 3. The molecule has 0 unspecified atom stereocenters. The van der Waals surface area contributed by atoms with Crippen molar-refractivity contribution < 1.29 is 9.53 Å². The van der Waals surface area contributed by atoms with Gasteiger partial charge in [0, 0.05) is 40.1 Å². The molecular formula is C25H23ClN4O2S. The van der Waals surface area contributed by atoms with Crippen LogP contribution in [0.5, 0.6) is 5.75 Å². The van der Waals surface area contributed by atoms with Gasteiger partial charge >= 0.3 is 0 Å². The van der Waals surface area contributed by atoms with Crippen molar-refractivity contribution in [1.29, 1.82) is 0 Å². The van der Waals surface area contributed by atoms with E-state index in [2.05, 4.69) is 19.9 Å². The number of ether oxygens (including phenoxy) is 1. The molecule has 2 aromatic carbocycles. The largest absolute Gasteiger partial charge is 0.486 e. The Kier molecular flexibility index (Phi) is 6.41. The Bertz CT molecular complexity index is 1250. The number of carbonyl (C=O) groups excluding carboxylic acids is 1. The van der Waals surface area contributed by atoms with Crippen LogP contribution in [0.4, 0.5) is 5.69 Å². The topological polar surface area (TPSA) is 69.0 Å². The number of halogens is 1. The number of imidazole rings is 1. The van der Waals surface area contributed by atoms with E-state index in [1.165, 1.54) is 29.9 Å². The monoisotopic (exact) mass is 478 g/mol. The zero-order valence-corrected chi connectivity index (χ0v) is 19.5. The highest BCUT2D eigenvalue weighted by Gasteiger charge is 2.15. The van der Waals surface area contributed by atoms with E-state index in [1.807, 2.05) is 48.0 Å². The number of anilines is 1. The number of hydrogen-bond acceptors (Lipinski definition) is 5. The minimum absolute atomic E-state index is 0.101. The number of hydrogen-bond donors (Lipinski definition) is 1. The molecule has 0 saturated heterocycles. The highest BCUT2D eigenvalue weighted by atomic mass is 35.5. The lowest BCUT2D eigenvalue weighted by atomic mass is 10.1. The molecule has 3 heterocycles. The fourth-order valence-electron chi connectivity index (χ4n) is 3.91. The first-order valence-corrected chi connectivity index (χ1v) is 12.2. The minimum atomic E-state index is -0.101. The second-order valence-electron chi connectivity index (χ2n) is 7.96. The first-order chi connectivity index (χ1) is 16.1. The normalized spacial score (nSPS) is 12.9. The molecule has 0 saturated carbocycles. The lowest BCUT2D eigenvalue weighted by Crippen LogP contribution is -2.14. The van der Waals surface area contributed by atoms with E-state index in [-0.39, 0.29) is 12.3 Å². The second kappa shape index (κ2) is 9.77. The summed E-state index contributed by atoms with van der Waals surface area (Å²) in [4.78, 5) is 21.6. The molecule has 0 fully saturated rings. The van der Waals surface area contributed by atoms with Crippen LogP contribution in [-0.4, -0.2) is 20.4 Å². The van der Waals surface area contributed by atoms with Crippen LogP contribution in [0.3, 0.4) is 0 Å². The molecule has 0 radical (unpaired) electrons. The fourth-order valence-corrected chi connectivity index (χ4v) is 4.74. The fraction of sp³-hybridized carbons (Fsp3) is 0.240. The molecule has 33 heavy (non-hydrogen) atoms. The SMILES string of the molecule is O=C(Cc1csc(COc2ccc(Cl)cc2)n1)Nc1ccc(-c2ncc3n2CCCC3)cc1. The van der Waals surface area contributed by atoms with Crippen LogP contribution in [0.25, 0.3) is 11.4 Å². The molecule has 1 N–H and O–H groups in total. The van der Waals surface area contributed by atoms with Crippen LogP contribution < -0.4 is 10.1 Å². The Balaban J connectivity index is 1.15. The Hall–Kier alpha value is -3.16. The van der Waals surface area contributed by atoms with Crippen LogP contribution in [-0.2, 0) is 30.8 Å². The summed E-state index contributed by atoms with van der Waals surface area (Å²) < 4.78 is 8.02. The lowest BCUT2D eigenvalue weighted by molar-refractivity contribution is -0.115. The Morgan fingerprint density at radius 1 is 1.12 bits per heavy atom. The highest BCUT2D eigenvalue weighted by Crippen LogP contribution is 2.26. The van der Waals surface area contributed by atoms with Gasteiger partial charge in [0.2, 0.25) is 5.91 Å². The van der Waals surface area contributed by atoms with E-state index in [0.717, 1.165) is 46.5 Å². The van der Waals surface area contributed by atoms with Crippen molar-refractivity contribution in [1.82, 2.24) is 14.5 Å². The molecule has 168 valence electrons. The highest BCUT2D eigenvalue weighted by molar-refractivity contribution is 7.09. The third-order valence-electron chi connectivity index (χ3n) is 5.55. The van der Waals surface area contributed by atoms with E-state index in [0.29, 0.717) is 11.6 Å². The quantitative estimate of drug-likeness (QED) is 0.367. The number of fused-ring (bicyclic) bond motifs is 1. The molecule has 6 nitrogen and oxygen atoms in total. The summed E-state index contributed by atoms with van der Waals surface area (Å²) in [5.41, 5.74) is 3.85. The van der Waals surface area contributed by atoms with Gasteiger partial charge in [0.1, 0.15) is 23.2 Å². The summed E-state index contributed by atoms with van der Waals surface area (Å²) in [7, 11) is 0. The van der Waals surface area contributed by atoms with Gasteiger partial charge in [-0.3, -0.25) is 4.79 Å². The lowest BCUT2D eigenvalue weighted by Gasteiger charge is -2.16. The summed E-state index contributed by atoms with van der Waals surface area (Å²) in [6.07, 6.45) is 5.70. The maximum Gasteiger partial charge on any atom is 0.230 e. The zero-order chi connectivity index (χ0) is 22.6. The molecule has 1 amide bonds. The van der Waals surface area contributed by atoms with Crippen LogP contribution in [0.15, 0.2) is 60.1 Å². The molecule has 8 heteroatoms. The van der Waals surface area contributed by atoms with Gasteiger partial charge in [-0.2, -0.15) is 0 Å².